The molecule has 14 heavy (non-hydrogen) atoms. The molecule has 0 saturated heterocycles. The van der Waals surface area contributed by atoms with E-state index in [4.69, 9.17) is 10.5 Å². The first-order valence-corrected chi connectivity index (χ1v) is 4.84. The average molecular weight is 195 g/mol. The van der Waals surface area contributed by atoms with Gasteiger partial charge in [0, 0.05) is 6.04 Å². The number of nitrogens with two attached hydrogens (primary N) is 1. The Hall–Kier alpha value is -0.930. The van der Waals surface area contributed by atoms with Crippen molar-refractivity contribution in [3.63, 3.8) is 0 Å². The van der Waals surface area contributed by atoms with Gasteiger partial charge >= 0.3 is 0 Å². The first kappa shape index (κ1) is 9.62. The Balaban J connectivity index is 2.44. The van der Waals surface area contributed by atoms with Gasteiger partial charge in [-0.1, -0.05) is 12.1 Å². The molecule has 1 aromatic rings. The Kier molecular flexibility index (Phi) is 2.52. The Morgan fingerprint density at radius 2 is 2.36 bits per heavy atom. The molecule has 76 valence electrons. The van der Waals surface area contributed by atoms with Crippen molar-refractivity contribution < 1.29 is 9.13 Å². The van der Waals surface area contributed by atoms with E-state index in [0.717, 1.165) is 11.1 Å². The van der Waals surface area contributed by atoms with Gasteiger partial charge in [-0.15, -0.1) is 0 Å². The predicted octanol–water partition coefficient (Wildman–Crippen LogP) is 1.79. The molecule has 2 nitrogen and oxygen atoms in total. The van der Waals surface area contributed by atoms with E-state index in [1.807, 2.05) is 13.0 Å². The van der Waals surface area contributed by atoms with Gasteiger partial charge in [0.05, 0.1) is 12.7 Å². The van der Waals surface area contributed by atoms with Crippen LogP contribution in [0.25, 0.3) is 0 Å². The van der Waals surface area contributed by atoms with Gasteiger partial charge in [0.25, 0.3) is 0 Å². The monoisotopic (exact) mass is 195 g/mol. The van der Waals surface area contributed by atoms with Gasteiger partial charge < -0.3 is 10.5 Å². The van der Waals surface area contributed by atoms with E-state index in [2.05, 4.69) is 0 Å². The van der Waals surface area contributed by atoms with Crippen molar-refractivity contribution in [1.29, 1.82) is 0 Å². The van der Waals surface area contributed by atoms with Gasteiger partial charge in [0.15, 0.2) is 0 Å². The Morgan fingerprint density at radius 3 is 3.07 bits per heavy atom. The summed E-state index contributed by atoms with van der Waals surface area (Å²) in [5.74, 6) is -0.142. The van der Waals surface area contributed by atoms with Crippen LogP contribution in [0.4, 0.5) is 4.39 Å². The molecule has 2 rings (SSSR count). The van der Waals surface area contributed by atoms with Crippen molar-refractivity contribution in [2.45, 2.75) is 25.5 Å². The molecule has 0 spiro atoms. The average Bonchev–Trinajstić information content (AvgIpc) is 2.17. The SMILES string of the molecule is C[C@@H](N)[C@@H]1OCCc2c(F)cccc21. The third-order valence-electron chi connectivity index (χ3n) is 2.59. The largest absolute Gasteiger partial charge is 0.372 e. The van der Waals surface area contributed by atoms with Crippen molar-refractivity contribution >= 4 is 0 Å². The fourth-order valence-electron chi connectivity index (χ4n) is 1.92. The van der Waals surface area contributed by atoms with Crippen molar-refractivity contribution in [1.82, 2.24) is 0 Å². The molecule has 0 saturated carbocycles. The number of halogens is 1. The lowest BCUT2D eigenvalue weighted by atomic mass is 9.94. The Bertz CT molecular complexity index is 338. The molecular weight excluding hydrogens is 181 g/mol. The maximum absolute atomic E-state index is 13.4. The number of benzene rings is 1. The lowest BCUT2D eigenvalue weighted by Gasteiger charge is -2.28. The highest BCUT2D eigenvalue weighted by Crippen LogP contribution is 2.30. The lowest BCUT2D eigenvalue weighted by molar-refractivity contribution is 0.0275. The predicted molar refractivity (Wildman–Crippen MR) is 52.4 cm³/mol. The van der Waals surface area contributed by atoms with Crippen molar-refractivity contribution in [3.05, 3.63) is 35.1 Å². The molecule has 0 aromatic heterocycles. The second kappa shape index (κ2) is 3.67. The second-order valence-corrected chi connectivity index (χ2v) is 3.71. The number of hydrogen-bond donors (Lipinski definition) is 1. The molecule has 1 aliphatic heterocycles. The minimum absolute atomic E-state index is 0.101. The molecular formula is C11H14FNO. The highest BCUT2D eigenvalue weighted by atomic mass is 19.1. The lowest BCUT2D eigenvalue weighted by Crippen LogP contribution is -2.31. The molecule has 0 unspecified atom stereocenters. The summed E-state index contributed by atoms with van der Waals surface area (Å²) in [5.41, 5.74) is 7.46. The third kappa shape index (κ3) is 1.53. The summed E-state index contributed by atoms with van der Waals surface area (Å²) in [5, 5.41) is 0. The normalized spacial score (nSPS) is 22.9. The zero-order valence-electron chi connectivity index (χ0n) is 8.16. The molecule has 0 aliphatic carbocycles. The Morgan fingerprint density at radius 1 is 1.57 bits per heavy atom. The number of ether oxygens (including phenoxy) is 1. The highest BCUT2D eigenvalue weighted by Gasteiger charge is 2.25. The van der Waals surface area contributed by atoms with E-state index in [-0.39, 0.29) is 18.0 Å². The summed E-state index contributed by atoms with van der Waals surface area (Å²) in [6, 6.07) is 4.99. The van der Waals surface area contributed by atoms with E-state index in [0.29, 0.717) is 13.0 Å². The highest BCUT2D eigenvalue weighted by molar-refractivity contribution is 5.33. The van der Waals surface area contributed by atoms with Crippen LogP contribution in [0, 0.1) is 5.82 Å². The maximum atomic E-state index is 13.4. The molecule has 0 radical (unpaired) electrons. The van der Waals surface area contributed by atoms with E-state index < -0.39 is 0 Å². The van der Waals surface area contributed by atoms with Crippen LogP contribution in [-0.4, -0.2) is 12.6 Å². The first-order chi connectivity index (χ1) is 6.70. The van der Waals surface area contributed by atoms with Crippen LogP contribution in [0.2, 0.25) is 0 Å². The molecule has 0 fully saturated rings. The fourth-order valence-corrected chi connectivity index (χ4v) is 1.92. The number of hydrogen-bond acceptors (Lipinski definition) is 2. The van der Waals surface area contributed by atoms with Gasteiger partial charge in [0.2, 0.25) is 0 Å². The molecule has 1 heterocycles. The maximum Gasteiger partial charge on any atom is 0.126 e. The number of rotatable bonds is 1. The molecule has 0 amide bonds. The summed E-state index contributed by atoms with van der Waals surface area (Å²) in [6.07, 6.45) is 0.486. The molecule has 3 heteroatoms. The standard InChI is InChI=1S/C11H14FNO/c1-7(13)11-9-3-2-4-10(12)8(9)5-6-14-11/h2-4,7,11H,5-6,13H2,1H3/t7-,11+/m1/s1. The van der Waals surface area contributed by atoms with Crippen LogP contribution in [0.15, 0.2) is 18.2 Å². The molecule has 0 bridgehead atoms. The fraction of sp³-hybridized carbons (Fsp3) is 0.455. The van der Waals surface area contributed by atoms with Crippen LogP contribution in [-0.2, 0) is 11.2 Å². The summed E-state index contributed by atoms with van der Waals surface area (Å²) in [6.45, 7) is 2.44. The van der Waals surface area contributed by atoms with Gasteiger partial charge in [-0.25, -0.2) is 4.39 Å². The van der Waals surface area contributed by atoms with Crippen LogP contribution in [0.1, 0.15) is 24.2 Å². The molecule has 2 atom stereocenters. The molecule has 1 aromatic carbocycles. The van der Waals surface area contributed by atoms with Gasteiger partial charge in [-0.05, 0) is 30.5 Å². The topological polar surface area (TPSA) is 35.2 Å². The summed E-state index contributed by atoms with van der Waals surface area (Å²) in [4.78, 5) is 0. The van der Waals surface area contributed by atoms with E-state index in [9.17, 15) is 4.39 Å². The van der Waals surface area contributed by atoms with Crippen molar-refractivity contribution in [2.75, 3.05) is 6.61 Å². The molecule has 2 N–H and O–H groups in total. The summed E-state index contributed by atoms with van der Waals surface area (Å²) < 4.78 is 18.9. The van der Waals surface area contributed by atoms with Crippen LogP contribution in [0.5, 0.6) is 0 Å². The minimum atomic E-state index is -0.158. The second-order valence-electron chi connectivity index (χ2n) is 3.71. The van der Waals surface area contributed by atoms with E-state index >= 15 is 0 Å². The van der Waals surface area contributed by atoms with Gasteiger partial charge in [0.1, 0.15) is 5.82 Å². The number of fused-ring (bicyclic) bond motifs is 1. The smallest absolute Gasteiger partial charge is 0.126 e. The van der Waals surface area contributed by atoms with Crippen molar-refractivity contribution in [2.24, 2.45) is 5.73 Å². The van der Waals surface area contributed by atoms with Crippen LogP contribution >= 0.6 is 0 Å². The van der Waals surface area contributed by atoms with Crippen LogP contribution < -0.4 is 5.73 Å². The van der Waals surface area contributed by atoms with E-state index in [1.165, 1.54) is 6.07 Å². The first-order valence-electron chi connectivity index (χ1n) is 4.84. The Labute approximate surface area is 82.9 Å². The third-order valence-corrected chi connectivity index (χ3v) is 2.59. The van der Waals surface area contributed by atoms with Gasteiger partial charge in [-0.2, -0.15) is 0 Å². The zero-order valence-corrected chi connectivity index (χ0v) is 8.16. The minimum Gasteiger partial charge on any atom is -0.372 e. The van der Waals surface area contributed by atoms with Gasteiger partial charge in [-0.3, -0.25) is 0 Å². The summed E-state index contributed by atoms with van der Waals surface area (Å²) in [7, 11) is 0. The quantitative estimate of drug-likeness (QED) is 0.741. The van der Waals surface area contributed by atoms with E-state index in [1.54, 1.807) is 6.07 Å². The summed E-state index contributed by atoms with van der Waals surface area (Å²) >= 11 is 0. The van der Waals surface area contributed by atoms with Crippen molar-refractivity contribution in [3.8, 4) is 0 Å². The molecule has 1 aliphatic rings. The van der Waals surface area contributed by atoms with Crippen LogP contribution in [0.3, 0.4) is 0 Å². The zero-order chi connectivity index (χ0) is 10.1.